The molecule has 6 nitrogen and oxygen atoms in total. The first-order chi connectivity index (χ1) is 9.65. The molecule has 2 aromatic heterocycles. The maximum absolute atomic E-state index is 10.4. The molecule has 2 heterocycles. The number of pyridine rings is 1. The van der Waals surface area contributed by atoms with Gasteiger partial charge in [0.1, 0.15) is 0 Å². The van der Waals surface area contributed by atoms with E-state index in [1.54, 1.807) is 18.6 Å². The molecule has 0 saturated carbocycles. The minimum Gasteiger partial charge on any atom is -0.478 e. The number of aromatic nitrogens is 3. The average Bonchev–Trinajstić information content (AvgIpc) is 2.46. The van der Waals surface area contributed by atoms with Crippen LogP contribution in [0.25, 0.3) is 6.08 Å². The van der Waals surface area contributed by atoms with Crippen molar-refractivity contribution < 1.29 is 9.90 Å². The first-order valence-electron chi connectivity index (χ1n) is 5.99. The number of carboxylic acids is 1. The summed E-state index contributed by atoms with van der Waals surface area (Å²) < 4.78 is 0. The molecule has 0 aliphatic heterocycles. The molecule has 2 rings (SSSR count). The van der Waals surface area contributed by atoms with Gasteiger partial charge in [0, 0.05) is 37.3 Å². The molecule has 2 aromatic rings. The van der Waals surface area contributed by atoms with E-state index in [1.807, 2.05) is 30.1 Å². The van der Waals surface area contributed by atoms with Gasteiger partial charge in [0.05, 0.1) is 12.2 Å². The quantitative estimate of drug-likeness (QED) is 0.831. The standard InChI is InChI=1S/C14H14N4O2/c1-18(10-12-4-2-3-7-15-12)14-16-8-11(9-17-14)5-6-13(19)20/h2-9H,10H2,1H3,(H,19,20)/b6-5+. The zero-order chi connectivity index (χ0) is 14.4. The number of nitrogens with zero attached hydrogens (tertiary/aromatic N) is 4. The second-order valence-electron chi connectivity index (χ2n) is 4.17. The summed E-state index contributed by atoms with van der Waals surface area (Å²) in [6.07, 6.45) is 7.40. The van der Waals surface area contributed by atoms with Crippen molar-refractivity contribution in [3.05, 3.63) is 54.1 Å². The lowest BCUT2D eigenvalue weighted by Crippen LogP contribution is -2.19. The number of carboxylic acid groups (broad SMARTS) is 1. The summed E-state index contributed by atoms with van der Waals surface area (Å²) in [5.74, 6) is -0.440. The van der Waals surface area contributed by atoms with Crippen LogP contribution < -0.4 is 4.90 Å². The predicted molar refractivity (Wildman–Crippen MR) is 75.0 cm³/mol. The highest BCUT2D eigenvalue weighted by molar-refractivity contribution is 5.85. The van der Waals surface area contributed by atoms with E-state index < -0.39 is 5.97 Å². The summed E-state index contributed by atoms with van der Waals surface area (Å²) in [5.41, 5.74) is 1.57. The zero-order valence-corrected chi connectivity index (χ0v) is 11.0. The first kappa shape index (κ1) is 13.7. The minimum atomic E-state index is -0.999. The van der Waals surface area contributed by atoms with Crippen LogP contribution in [0.5, 0.6) is 0 Å². The number of carbonyl (C=O) groups is 1. The lowest BCUT2D eigenvalue weighted by molar-refractivity contribution is -0.131. The van der Waals surface area contributed by atoms with Gasteiger partial charge < -0.3 is 10.0 Å². The Morgan fingerprint density at radius 2 is 2.05 bits per heavy atom. The third kappa shape index (κ3) is 3.88. The van der Waals surface area contributed by atoms with Crippen LogP contribution >= 0.6 is 0 Å². The SMILES string of the molecule is CN(Cc1ccccn1)c1ncc(/C=C/C(=O)O)cn1. The van der Waals surface area contributed by atoms with Crippen LogP contribution in [0.3, 0.4) is 0 Å². The van der Waals surface area contributed by atoms with E-state index in [0.29, 0.717) is 18.1 Å². The third-order valence-corrected chi connectivity index (χ3v) is 2.54. The predicted octanol–water partition coefficient (Wildman–Crippen LogP) is 1.61. The Balaban J connectivity index is 2.04. The van der Waals surface area contributed by atoms with Gasteiger partial charge in [0.15, 0.2) is 0 Å². The lowest BCUT2D eigenvalue weighted by Gasteiger charge is -2.16. The zero-order valence-electron chi connectivity index (χ0n) is 11.0. The van der Waals surface area contributed by atoms with Gasteiger partial charge in [-0.3, -0.25) is 4.98 Å². The highest BCUT2D eigenvalue weighted by Crippen LogP contribution is 2.09. The topological polar surface area (TPSA) is 79.2 Å². The molecule has 6 heteroatoms. The molecule has 102 valence electrons. The van der Waals surface area contributed by atoms with E-state index >= 15 is 0 Å². The van der Waals surface area contributed by atoms with Gasteiger partial charge in [-0.2, -0.15) is 0 Å². The second-order valence-corrected chi connectivity index (χ2v) is 4.17. The molecule has 1 N–H and O–H groups in total. The maximum Gasteiger partial charge on any atom is 0.328 e. The highest BCUT2D eigenvalue weighted by Gasteiger charge is 2.05. The Bertz CT molecular complexity index is 596. The molecule has 0 aliphatic carbocycles. The molecule has 0 atom stereocenters. The van der Waals surface area contributed by atoms with E-state index in [4.69, 9.17) is 5.11 Å². The molecule has 0 saturated heterocycles. The van der Waals surface area contributed by atoms with Gasteiger partial charge in [-0.25, -0.2) is 14.8 Å². The van der Waals surface area contributed by atoms with Gasteiger partial charge in [0.2, 0.25) is 5.95 Å². The molecule has 0 amide bonds. The maximum atomic E-state index is 10.4. The summed E-state index contributed by atoms with van der Waals surface area (Å²) in [7, 11) is 1.87. The van der Waals surface area contributed by atoms with Crippen LogP contribution in [-0.2, 0) is 11.3 Å². The van der Waals surface area contributed by atoms with Crippen LogP contribution in [0, 0.1) is 0 Å². The van der Waals surface area contributed by atoms with Crippen molar-refractivity contribution in [3.63, 3.8) is 0 Å². The summed E-state index contributed by atoms with van der Waals surface area (Å²) in [6, 6.07) is 5.72. The van der Waals surface area contributed by atoms with Gasteiger partial charge in [-0.15, -0.1) is 0 Å². The number of rotatable bonds is 5. The summed E-state index contributed by atoms with van der Waals surface area (Å²) in [5, 5.41) is 8.54. The van der Waals surface area contributed by atoms with Crippen molar-refractivity contribution in [1.82, 2.24) is 15.0 Å². The molecule has 0 unspecified atom stereocenters. The normalized spacial score (nSPS) is 10.7. The largest absolute Gasteiger partial charge is 0.478 e. The lowest BCUT2D eigenvalue weighted by atomic mass is 10.3. The Labute approximate surface area is 116 Å². The monoisotopic (exact) mass is 270 g/mol. The molecule has 0 aromatic carbocycles. The molecule has 0 fully saturated rings. The average molecular weight is 270 g/mol. The summed E-state index contributed by atoms with van der Waals surface area (Å²) >= 11 is 0. The minimum absolute atomic E-state index is 0.558. The second kappa shape index (κ2) is 6.42. The van der Waals surface area contributed by atoms with Crippen molar-refractivity contribution in [2.24, 2.45) is 0 Å². The van der Waals surface area contributed by atoms with E-state index in [1.165, 1.54) is 6.08 Å². The molecule has 0 bridgehead atoms. The van der Waals surface area contributed by atoms with Crippen LogP contribution in [0.4, 0.5) is 5.95 Å². The van der Waals surface area contributed by atoms with Gasteiger partial charge in [-0.1, -0.05) is 6.07 Å². The van der Waals surface area contributed by atoms with Crippen molar-refractivity contribution >= 4 is 18.0 Å². The van der Waals surface area contributed by atoms with E-state index in [-0.39, 0.29) is 0 Å². The molecule has 0 aliphatic rings. The van der Waals surface area contributed by atoms with Gasteiger partial charge in [-0.05, 0) is 18.2 Å². The number of hydrogen-bond acceptors (Lipinski definition) is 5. The molecular weight excluding hydrogens is 256 g/mol. The number of hydrogen-bond donors (Lipinski definition) is 1. The fourth-order valence-electron chi connectivity index (χ4n) is 1.59. The molecule has 20 heavy (non-hydrogen) atoms. The van der Waals surface area contributed by atoms with Gasteiger partial charge >= 0.3 is 5.97 Å². The summed E-state index contributed by atoms with van der Waals surface area (Å²) in [6.45, 7) is 0.602. The van der Waals surface area contributed by atoms with E-state index in [0.717, 1.165) is 11.8 Å². The van der Waals surface area contributed by atoms with Crippen molar-refractivity contribution in [3.8, 4) is 0 Å². The van der Waals surface area contributed by atoms with Crippen molar-refractivity contribution in [1.29, 1.82) is 0 Å². The summed E-state index contributed by atoms with van der Waals surface area (Å²) in [4.78, 5) is 24.9. The van der Waals surface area contributed by atoms with E-state index in [9.17, 15) is 4.79 Å². The van der Waals surface area contributed by atoms with Crippen molar-refractivity contribution in [2.45, 2.75) is 6.54 Å². The van der Waals surface area contributed by atoms with Crippen LogP contribution in [0.1, 0.15) is 11.3 Å². The Kier molecular flexibility index (Phi) is 4.39. The van der Waals surface area contributed by atoms with Crippen molar-refractivity contribution in [2.75, 3.05) is 11.9 Å². The Morgan fingerprint density at radius 3 is 2.65 bits per heavy atom. The molecular formula is C14H14N4O2. The number of anilines is 1. The number of aliphatic carboxylic acids is 1. The third-order valence-electron chi connectivity index (χ3n) is 2.54. The molecule has 0 radical (unpaired) electrons. The Morgan fingerprint density at radius 1 is 1.30 bits per heavy atom. The van der Waals surface area contributed by atoms with Gasteiger partial charge in [0.25, 0.3) is 0 Å². The van der Waals surface area contributed by atoms with E-state index in [2.05, 4.69) is 15.0 Å². The fourth-order valence-corrected chi connectivity index (χ4v) is 1.59. The highest BCUT2D eigenvalue weighted by atomic mass is 16.4. The van der Waals surface area contributed by atoms with Crippen LogP contribution in [0.15, 0.2) is 42.9 Å². The molecule has 0 spiro atoms. The Hall–Kier alpha value is -2.76. The first-order valence-corrected chi connectivity index (χ1v) is 5.99. The fraction of sp³-hybridized carbons (Fsp3) is 0.143. The van der Waals surface area contributed by atoms with Crippen LogP contribution in [0.2, 0.25) is 0 Å². The smallest absolute Gasteiger partial charge is 0.328 e. The van der Waals surface area contributed by atoms with Crippen LogP contribution in [-0.4, -0.2) is 33.1 Å².